The van der Waals surface area contributed by atoms with Crippen LogP contribution < -0.4 is 5.73 Å². The Morgan fingerprint density at radius 1 is 1.33 bits per heavy atom. The number of amides is 1. The summed E-state index contributed by atoms with van der Waals surface area (Å²) in [5.74, 6) is -4.19. The van der Waals surface area contributed by atoms with Crippen molar-refractivity contribution >= 4 is 15.7 Å². The number of hydrogen-bond acceptors (Lipinski definition) is 3. The first-order chi connectivity index (χ1) is 6.83. The molecule has 0 heterocycles. The second-order valence-corrected chi connectivity index (χ2v) is 4.76. The van der Waals surface area contributed by atoms with Crippen molar-refractivity contribution in [2.75, 3.05) is 5.75 Å². The fourth-order valence-corrected chi connectivity index (χ4v) is 2.17. The van der Waals surface area contributed by atoms with Crippen LogP contribution in [0, 0.1) is 11.6 Å². The fraction of sp³-hybridized carbons (Fsp3) is 0.125. The van der Waals surface area contributed by atoms with E-state index in [0.717, 1.165) is 6.07 Å². The van der Waals surface area contributed by atoms with E-state index in [1.54, 1.807) is 0 Å². The molecule has 0 saturated carbocycles. The van der Waals surface area contributed by atoms with Crippen molar-refractivity contribution in [1.82, 2.24) is 0 Å². The number of hydrogen-bond donors (Lipinski definition) is 1. The minimum atomic E-state index is -4.20. The summed E-state index contributed by atoms with van der Waals surface area (Å²) < 4.78 is 48.3. The lowest BCUT2D eigenvalue weighted by atomic mass is 10.3. The van der Waals surface area contributed by atoms with E-state index in [1.165, 1.54) is 0 Å². The minimum Gasteiger partial charge on any atom is -0.369 e. The third-order valence-corrected chi connectivity index (χ3v) is 3.21. The number of nitrogens with two attached hydrogens (primary N) is 1. The third-order valence-electron chi connectivity index (χ3n) is 1.56. The summed E-state index contributed by atoms with van der Waals surface area (Å²) in [5.41, 5.74) is 4.67. The van der Waals surface area contributed by atoms with Crippen LogP contribution >= 0.6 is 0 Å². The summed E-state index contributed by atoms with van der Waals surface area (Å²) in [6.07, 6.45) is 0. The molecule has 0 aliphatic heterocycles. The Hall–Kier alpha value is -1.50. The Labute approximate surface area is 84.6 Å². The molecule has 7 heteroatoms. The molecule has 0 atom stereocenters. The molecular formula is C8H7F2NO3S. The Bertz CT molecular complexity index is 499. The Morgan fingerprint density at radius 2 is 1.93 bits per heavy atom. The van der Waals surface area contributed by atoms with E-state index in [4.69, 9.17) is 0 Å². The van der Waals surface area contributed by atoms with Crippen LogP contribution in [0.3, 0.4) is 0 Å². The number of rotatable bonds is 3. The van der Waals surface area contributed by atoms with Gasteiger partial charge in [-0.15, -0.1) is 0 Å². The smallest absolute Gasteiger partial charge is 0.233 e. The van der Waals surface area contributed by atoms with Gasteiger partial charge in [-0.1, -0.05) is 0 Å². The van der Waals surface area contributed by atoms with Crippen molar-refractivity contribution in [1.29, 1.82) is 0 Å². The van der Waals surface area contributed by atoms with Gasteiger partial charge in [-0.2, -0.15) is 0 Å². The Kier molecular flexibility index (Phi) is 3.04. The highest BCUT2D eigenvalue weighted by atomic mass is 32.2. The van der Waals surface area contributed by atoms with Gasteiger partial charge >= 0.3 is 0 Å². The van der Waals surface area contributed by atoms with E-state index in [1.807, 2.05) is 0 Å². The SMILES string of the molecule is NC(=O)CS(=O)(=O)c1cc(F)ccc1F. The molecule has 0 bridgehead atoms. The summed E-state index contributed by atoms with van der Waals surface area (Å²) in [5, 5.41) is 0. The third kappa shape index (κ3) is 2.72. The zero-order chi connectivity index (χ0) is 11.6. The second kappa shape index (κ2) is 3.93. The van der Waals surface area contributed by atoms with Gasteiger partial charge in [0.05, 0.1) is 0 Å². The molecule has 4 nitrogen and oxygen atoms in total. The molecule has 0 fully saturated rings. The van der Waals surface area contributed by atoms with Crippen LogP contribution in [0.25, 0.3) is 0 Å². The van der Waals surface area contributed by atoms with E-state index < -0.39 is 38.0 Å². The van der Waals surface area contributed by atoms with Crippen molar-refractivity contribution in [3.05, 3.63) is 29.8 Å². The molecule has 0 radical (unpaired) electrons. The zero-order valence-corrected chi connectivity index (χ0v) is 8.22. The molecule has 0 saturated heterocycles. The highest BCUT2D eigenvalue weighted by molar-refractivity contribution is 7.92. The van der Waals surface area contributed by atoms with Gasteiger partial charge in [0.15, 0.2) is 9.84 Å². The van der Waals surface area contributed by atoms with Gasteiger partial charge in [-0.3, -0.25) is 4.79 Å². The van der Waals surface area contributed by atoms with Crippen molar-refractivity contribution in [2.24, 2.45) is 5.73 Å². The summed E-state index contributed by atoms with van der Waals surface area (Å²) >= 11 is 0. The zero-order valence-electron chi connectivity index (χ0n) is 7.41. The van der Waals surface area contributed by atoms with Gasteiger partial charge in [-0.05, 0) is 18.2 Å². The van der Waals surface area contributed by atoms with Gasteiger partial charge in [0, 0.05) is 0 Å². The lowest BCUT2D eigenvalue weighted by Gasteiger charge is -2.03. The summed E-state index contributed by atoms with van der Waals surface area (Å²) in [7, 11) is -4.20. The van der Waals surface area contributed by atoms with Gasteiger partial charge in [-0.25, -0.2) is 17.2 Å². The molecule has 0 aliphatic carbocycles. The normalized spacial score (nSPS) is 11.3. The van der Waals surface area contributed by atoms with Crippen LogP contribution in [0.5, 0.6) is 0 Å². The maximum absolute atomic E-state index is 13.0. The van der Waals surface area contributed by atoms with E-state index in [-0.39, 0.29) is 0 Å². The van der Waals surface area contributed by atoms with Crippen LogP contribution in [-0.2, 0) is 14.6 Å². The van der Waals surface area contributed by atoms with Crippen molar-refractivity contribution < 1.29 is 22.0 Å². The molecule has 1 aromatic carbocycles. The van der Waals surface area contributed by atoms with E-state index in [0.29, 0.717) is 12.1 Å². The predicted molar refractivity (Wildman–Crippen MR) is 47.6 cm³/mol. The predicted octanol–water partition coefficient (Wildman–Crippen LogP) is 0.224. The average molecular weight is 235 g/mol. The average Bonchev–Trinajstić information content (AvgIpc) is 2.06. The molecule has 0 spiro atoms. The molecule has 1 aromatic rings. The molecule has 0 aliphatic rings. The first kappa shape index (κ1) is 11.6. The summed E-state index contributed by atoms with van der Waals surface area (Å²) in [6.45, 7) is 0. The highest BCUT2D eigenvalue weighted by Crippen LogP contribution is 2.16. The number of carbonyl (C=O) groups is 1. The minimum absolute atomic E-state index is 0.508. The van der Waals surface area contributed by atoms with Crippen LogP contribution in [0.15, 0.2) is 23.1 Å². The molecule has 1 rings (SSSR count). The number of sulfone groups is 1. The number of halogens is 2. The van der Waals surface area contributed by atoms with Gasteiger partial charge in [0.2, 0.25) is 5.91 Å². The standard InChI is InChI=1S/C8H7F2NO3S/c9-5-1-2-6(10)7(3-5)15(13,14)4-8(11)12/h1-3H,4H2,(H2,11,12). The van der Waals surface area contributed by atoms with Crippen LogP contribution in [0.1, 0.15) is 0 Å². The van der Waals surface area contributed by atoms with Crippen molar-refractivity contribution in [3.63, 3.8) is 0 Å². The van der Waals surface area contributed by atoms with Crippen molar-refractivity contribution in [2.45, 2.75) is 4.90 Å². The van der Waals surface area contributed by atoms with E-state index in [2.05, 4.69) is 5.73 Å². The summed E-state index contributed by atoms with van der Waals surface area (Å²) in [4.78, 5) is 9.55. The largest absolute Gasteiger partial charge is 0.369 e. The van der Waals surface area contributed by atoms with Crippen molar-refractivity contribution in [3.8, 4) is 0 Å². The van der Waals surface area contributed by atoms with Crippen LogP contribution in [0.4, 0.5) is 8.78 Å². The summed E-state index contributed by atoms with van der Waals surface area (Å²) in [6, 6.07) is 1.95. The van der Waals surface area contributed by atoms with Gasteiger partial charge in [0.25, 0.3) is 0 Å². The number of benzene rings is 1. The van der Waals surface area contributed by atoms with Crippen LogP contribution in [-0.4, -0.2) is 20.1 Å². The lowest BCUT2D eigenvalue weighted by molar-refractivity contribution is -0.115. The Morgan fingerprint density at radius 3 is 2.47 bits per heavy atom. The molecule has 1 amide bonds. The van der Waals surface area contributed by atoms with E-state index in [9.17, 15) is 22.0 Å². The number of carbonyl (C=O) groups excluding carboxylic acids is 1. The maximum atomic E-state index is 13.0. The molecule has 0 aromatic heterocycles. The van der Waals surface area contributed by atoms with Gasteiger partial charge in [0.1, 0.15) is 22.3 Å². The molecule has 2 N–H and O–H groups in total. The molecule has 0 unspecified atom stereocenters. The topological polar surface area (TPSA) is 77.2 Å². The highest BCUT2D eigenvalue weighted by Gasteiger charge is 2.22. The first-order valence-electron chi connectivity index (χ1n) is 3.79. The van der Waals surface area contributed by atoms with Crippen LogP contribution in [0.2, 0.25) is 0 Å². The molecule has 15 heavy (non-hydrogen) atoms. The fourth-order valence-electron chi connectivity index (χ4n) is 0.981. The molecule has 82 valence electrons. The van der Waals surface area contributed by atoms with E-state index >= 15 is 0 Å². The monoisotopic (exact) mass is 235 g/mol. The Balaban J connectivity index is 3.26. The number of primary amides is 1. The molecular weight excluding hydrogens is 228 g/mol. The van der Waals surface area contributed by atoms with Gasteiger partial charge < -0.3 is 5.73 Å². The second-order valence-electron chi connectivity index (χ2n) is 2.80. The maximum Gasteiger partial charge on any atom is 0.233 e. The lowest BCUT2D eigenvalue weighted by Crippen LogP contribution is -2.23. The quantitative estimate of drug-likeness (QED) is 0.814. The first-order valence-corrected chi connectivity index (χ1v) is 5.44.